The summed E-state index contributed by atoms with van der Waals surface area (Å²) in [5, 5.41) is 0. The summed E-state index contributed by atoms with van der Waals surface area (Å²) >= 11 is 0. The normalized spacial score (nSPS) is 16.1. The van der Waals surface area contributed by atoms with Crippen molar-refractivity contribution in [1.82, 2.24) is 4.31 Å². The zero-order chi connectivity index (χ0) is 18.4. The molecule has 0 bridgehead atoms. The van der Waals surface area contributed by atoms with Gasteiger partial charge in [-0.15, -0.1) is 12.4 Å². The van der Waals surface area contributed by atoms with Crippen molar-refractivity contribution in [2.24, 2.45) is 5.73 Å². The van der Waals surface area contributed by atoms with Gasteiger partial charge in [0.05, 0.1) is 23.7 Å². The molecule has 7 nitrogen and oxygen atoms in total. The van der Waals surface area contributed by atoms with Crippen molar-refractivity contribution in [1.29, 1.82) is 0 Å². The van der Waals surface area contributed by atoms with Crippen molar-refractivity contribution >= 4 is 28.4 Å². The molecule has 0 aromatic heterocycles. The summed E-state index contributed by atoms with van der Waals surface area (Å²) in [5.74, 6) is -1.55. The van der Waals surface area contributed by atoms with E-state index in [1.54, 1.807) is 0 Å². The molecule has 148 valence electrons. The lowest BCUT2D eigenvalue weighted by atomic mass is 10.1. The van der Waals surface area contributed by atoms with Crippen molar-refractivity contribution in [3.8, 4) is 0 Å². The van der Waals surface area contributed by atoms with E-state index in [0.29, 0.717) is 26.0 Å². The number of hydrogen-bond acceptors (Lipinski definition) is 6. The summed E-state index contributed by atoms with van der Waals surface area (Å²) in [5.41, 5.74) is 5.24. The van der Waals surface area contributed by atoms with Crippen molar-refractivity contribution in [3.05, 3.63) is 29.6 Å². The molecular weight excluding hydrogens is 387 g/mol. The number of carbonyl (C=O) groups excluding carboxylic acids is 1. The first kappa shape index (κ1) is 22.8. The predicted octanol–water partition coefficient (Wildman–Crippen LogP) is 1.55. The third kappa shape index (κ3) is 5.37. The lowest BCUT2D eigenvalue weighted by molar-refractivity contribution is 0.0208. The highest BCUT2D eigenvalue weighted by molar-refractivity contribution is 7.89. The number of halogens is 2. The molecule has 2 N–H and O–H groups in total. The highest BCUT2D eigenvalue weighted by atomic mass is 35.5. The third-order valence-electron chi connectivity index (χ3n) is 4.07. The van der Waals surface area contributed by atoms with Crippen molar-refractivity contribution < 1.29 is 27.1 Å². The Labute approximate surface area is 159 Å². The topological polar surface area (TPSA) is 98.9 Å². The van der Waals surface area contributed by atoms with Gasteiger partial charge in [0.1, 0.15) is 5.82 Å². The van der Waals surface area contributed by atoms with Gasteiger partial charge in [0.25, 0.3) is 0 Å². The second-order valence-electron chi connectivity index (χ2n) is 5.75. The Bertz CT molecular complexity index is 709. The van der Waals surface area contributed by atoms with Gasteiger partial charge < -0.3 is 15.2 Å². The van der Waals surface area contributed by atoms with E-state index in [1.165, 1.54) is 4.31 Å². The van der Waals surface area contributed by atoms with Gasteiger partial charge in [-0.3, -0.25) is 0 Å². The Hall–Kier alpha value is -1.26. The summed E-state index contributed by atoms with van der Waals surface area (Å²) in [7, 11) is -2.86. The smallest absolute Gasteiger partial charge is 0.339 e. The fourth-order valence-electron chi connectivity index (χ4n) is 2.70. The summed E-state index contributed by atoms with van der Waals surface area (Å²) in [6.07, 6.45) is 1.80. The van der Waals surface area contributed by atoms with Gasteiger partial charge >= 0.3 is 5.97 Å². The number of piperidine rings is 1. The van der Waals surface area contributed by atoms with Crippen LogP contribution in [0.4, 0.5) is 4.39 Å². The number of methoxy groups -OCH3 is 1. The SMILES string of the molecule is COC(=O)c1ccc(F)cc1S(=O)(=O)N1CCC(OCCCN)CC1.Cl. The van der Waals surface area contributed by atoms with Crippen LogP contribution < -0.4 is 5.73 Å². The number of benzene rings is 1. The Morgan fingerprint density at radius 1 is 1.35 bits per heavy atom. The van der Waals surface area contributed by atoms with Crippen LogP contribution in [0.15, 0.2) is 23.1 Å². The van der Waals surface area contributed by atoms with Crippen LogP contribution in [0.5, 0.6) is 0 Å². The minimum Gasteiger partial charge on any atom is -0.465 e. The predicted molar refractivity (Wildman–Crippen MR) is 96.4 cm³/mol. The highest BCUT2D eigenvalue weighted by Gasteiger charge is 2.33. The zero-order valence-electron chi connectivity index (χ0n) is 14.5. The maximum atomic E-state index is 13.6. The maximum Gasteiger partial charge on any atom is 0.339 e. The quantitative estimate of drug-likeness (QED) is 0.541. The minimum atomic E-state index is -4.00. The van der Waals surface area contributed by atoms with E-state index < -0.39 is 21.8 Å². The molecule has 0 unspecified atom stereocenters. The van der Waals surface area contributed by atoms with E-state index in [4.69, 9.17) is 10.5 Å². The third-order valence-corrected chi connectivity index (χ3v) is 6.01. The minimum absolute atomic E-state index is 0. The molecule has 0 aliphatic carbocycles. The van der Waals surface area contributed by atoms with Crippen molar-refractivity contribution in [2.45, 2.75) is 30.3 Å². The molecule has 2 rings (SSSR count). The fourth-order valence-corrected chi connectivity index (χ4v) is 4.36. The van der Waals surface area contributed by atoms with E-state index in [1.807, 2.05) is 0 Å². The van der Waals surface area contributed by atoms with Gasteiger partial charge in [-0.2, -0.15) is 4.31 Å². The van der Waals surface area contributed by atoms with Crippen LogP contribution in [0.3, 0.4) is 0 Å². The van der Waals surface area contributed by atoms with E-state index >= 15 is 0 Å². The molecule has 1 fully saturated rings. The van der Waals surface area contributed by atoms with Crippen molar-refractivity contribution in [3.63, 3.8) is 0 Å². The monoisotopic (exact) mass is 410 g/mol. The van der Waals surface area contributed by atoms with Crippen LogP contribution >= 0.6 is 12.4 Å². The summed E-state index contributed by atoms with van der Waals surface area (Å²) in [4.78, 5) is 11.4. The van der Waals surface area contributed by atoms with E-state index in [2.05, 4.69) is 4.74 Å². The van der Waals surface area contributed by atoms with Gasteiger partial charge in [0.2, 0.25) is 10.0 Å². The standard InChI is InChI=1S/C16H23FN2O5S.ClH/c1-23-16(20)14-4-3-12(17)11-15(14)25(21,22)19-8-5-13(6-9-19)24-10-2-7-18;/h3-4,11,13H,2,5-10,18H2,1H3;1H. The maximum absolute atomic E-state index is 13.6. The zero-order valence-corrected chi connectivity index (χ0v) is 16.2. The number of hydrogen-bond donors (Lipinski definition) is 1. The molecule has 1 aromatic rings. The second-order valence-corrected chi connectivity index (χ2v) is 7.65. The molecule has 1 saturated heterocycles. The lowest BCUT2D eigenvalue weighted by Crippen LogP contribution is -2.41. The van der Waals surface area contributed by atoms with Gasteiger partial charge in [0.15, 0.2) is 0 Å². The average molecular weight is 411 g/mol. The number of sulfonamides is 1. The Morgan fingerprint density at radius 2 is 2.00 bits per heavy atom. The largest absolute Gasteiger partial charge is 0.465 e. The Morgan fingerprint density at radius 3 is 2.58 bits per heavy atom. The number of nitrogens with two attached hydrogens (primary N) is 1. The number of carbonyl (C=O) groups is 1. The number of rotatable bonds is 7. The van der Waals surface area contributed by atoms with E-state index in [9.17, 15) is 17.6 Å². The number of nitrogens with zero attached hydrogens (tertiary/aromatic N) is 1. The van der Waals surface area contributed by atoms with Gasteiger partial charge in [-0.25, -0.2) is 17.6 Å². The highest BCUT2D eigenvalue weighted by Crippen LogP contribution is 2.26. The van der Waals surface area contributed by atoms with Crippen LogP contribution in [-0.4, -0.2) is 58.1 Å². The van der Waals surface area contributed by atoms with Crippen LogP contribution in [-0.2, 0) is 19.5 Å². The molecule has 0 spiro atoms. The molecule has 1 heterocycles. The van der Waals surface area contributed by atoms with E-state index in [-0.39, 0.29) is 42.1 Å². The Balaban J connectivity index is 0.00000338. The molecule has 0 atom stereocenters. The molecule has 10 heteroatoms. The first-order chi connectivity index (χ1) is 11.9. The fraction of sp³-hybridized carbons (Fsp3) is 0.562. The molecule has 26 heavy (non-hydrogen) atoms. The average Bonchev–Trinajstić information content (AvgIpc) is 2.61. The van der Waals surface area contributed by atoms with Crippen LogP contribution in [0.25, 0.3) is 0 Å². The second kappa shape index (κ2) is 10.2. The molecule has 0 amide bonds. The van der Waals surface area contributed by atoms with E-state index in [0.717, 1.165) is 31.7 Å². The molecule has 0 radical (unpaired) electrons. The first-order valence-corrected chi connectivity index (χ1v) is 9.54. The summed E-state index contributed by atoms with van der Waals surface area (Å²) in [6, 6.07) is 3.00. The summed E-state index contributed by atoms with van der Waals surface area (Å²) in [6.45, 7) is 1.58. The molecule has 1 aliphatic heterocycles. The van der Waals surface area contributed by atoms with Gasteiger partial charge in [0, 0.05) is 19.7 Å². The Kier molecular flexibility index (Phi) is 8.91. The number of ether oxygens (including phenoxy) is 2. The van der Waals surface area contributed by atoms with Crippen molar-refractivity contribution in [2.75, 3.05) is 33.4 Å². The van der Waals surface area contributed by atoms with Crippen LogP contribution in [0.1, 0.15) is 29.6 Å². The van der Waals surface area contributed by atoms with Crippen LogP contribution in [0.2, 0.25) is 0 Å². The number of esters is 1. The summed E-state index contributed by atoms with van der Waals surface area (Å²) < 4.78 is 50.8. The molecule has 0 saturated carbocycles. The molecular formula is C16H24ClFN2O5S. The molecule has 1 aliphatic rings. The lowest BCUT2D eigenvalue weighted by Gasteiger charge is -2.31. The first-order valence-electron chi connectivity index (χ1n) is 8.10. The van der Waals surface area contributed by atoms with Gasteiger partial charge in [-0.1, -0.05) is 0 Å². The van der Waals surface area contributed by atoms with Gasteiger partial charge in [-0.05, 0) is 44.0 Å². The van der Waals surface area contributed by atoms with Crippen LogP contribution in [0, 0.1) is 5.82 Å². The molecule has 1 aromatic carbocycles.